The molecule has 1 atom stereocenters. The topological polar surface area (TPSA) is 64.2 Å². The molecule has 1 aliphatic rings. The van der Waals surface area contributed by atoms with Gasteiger partial charge in [0, 0.05) is 29.4 Å². The minimum atomic E-state index is 0.160. The number of carbonyl (C=O) groups is 1. The zero-order valence-corrected chi connectivity index (χ0v) is 14.9. The second-order valence-electron chi connectivity index (χ2n) is 6.44. The third-order valence-electron chi connectivity index (χ3n) is 4.81. The van der Waals surface area contributed by atoms with Gasteiger partial charge >= 0.3 is 0 Å². The average Bonchev–Trinajstić information content (AvgIpc) is 3.16. The van der Waals surface area contributed by atoms with Crippen LogP contribution in [0.25, 0.3) is 5.69 Å². The van der Waals surface area contributed by atoms with Crippen LogP contribution in [0.5, 0.6) is 0 Å². The number of benzene rings is 1. The summed E-state index contributed by atoms with van der Waals surface area (Å²) in [5.41, 5.74) is 9.56. The maximum Gasteiger partial charge on any atom is 0.227 e. The van der Waals surface area contributed by atoms with E-state index in [0.29, 0.717) is 23.9 Å². The van der Waals surface area contributed by atoms with Crippen LogP contribution in [0.3, 0.4) is 0 Å². The first-order valence-electron chi connectivity index (χ1n) is 8.28. The largest absolute Gasteiger partial charge is 0.342 e. The van der Waals surface area contributed by atoms with Crippen molar-refractivity contribution in [2.24, 2.45) is 11.7 Å². The van der Waals surface area contributed by atoms with Crippen molar-refractivity contribution in [2.75, 3.05) is 19.6 Å². The van der Waals surface area contributed by atoms with Gasteiger partial charge in [-0.1, -0.05) is 11.6 Å². The molecular formula is C18H23ClN4O. The third-order valence-corrected chi connectivity index (χ3v) is 5.06. The van der Waals surface area contributed by atoms with E-state index < -0.39 is 0 Å². The molecule has 0 spiro atoms. The maximum absolute atomic E-state index is 12.6. The van der Waals surface area contributed by atoms with Gasteiger partial charge in [0.25, 0.3) is 0 Å². The molecule has 1 unspecified atom stereocenters. The molecule has 2 N–H and O–H groups in total. The molecule has 3 rings (SSSR count). The van der Waals surface area contributed by atoms with Crippen LogP contribution in [0.15, 0.2) is 24.3 Å². The summed E-state index contributed by atoms with van der Waals surface area (Å²) < 4.78 is 1.88. The highest BCUT2D eigenvalue weighted by Crippen LogP contribution is 2.22. The number of nitrogens with zero attached hydrogens (tertiary/aromatic N) is 3. The molecule has 0 bridgehead atoms. The Morgan fingerprint density at radius 2 is 2.04 bits per heavy atom. The molecule has 0 radical (unpaired) electrons. The second-order valence-corrected chi connectivity index (χ2v) is 6.88. The average molecular weight is 347 g/mol. The SMILES string of the molecule is Cc1nn(-c2ccc(Cl)cc2)c(C)c1CC(=O)N1CCC(CN)C1. The van der Waals surface area contributed by atoms with E-state index in [4.69, 9.17) is 17.3 Å². The van der Waals surface area contributed by atoms with Gasteiger partial charge in [-0.3, -0.25) is 4.79 Å². The van der Waals surface area contributed by atoms with Crippen LogP contribution in [0.2, 0.25) is 5.02 Å². The first-order valence-corrected chi connectivity index (χ1v) is 8.66. The summed E-state index contributed by atoms with van der Waals surface area (Å²) in [6, 6.07) is 7.55. The molecule has 0 aliphatic carbocycles. The highest BCUT2D eigenvalue weighted by Gasteiger charge is 2.26. The minimum absolute atomic E-state index is 0.160. The smallest absolute Gasteiger partial charge is 0.227 e. The summed E-state index contributed by atoms with van der Waals surface area (Å²) in [6.45, 7) is 6.19. The van der Waals surface area contributed by atoms with Crippen LogP contribution in [-0.2, 0) is 11.2 Å². The highest BCUT2D eigenvalue weighted by molar-refractivity contribution is 6.30. The molecule has 1 fully saturated rings. The fraction of sp³-hybridized carbons (Fsp3) is 0.444. The van der Waals surface area contributed by atoms with Gasteiger partial charge in [-0.25, -0.2) is 4.68 Å². The lowest BCUT2D eigenvalue weighted by molar-refractivity contribution is -0.129. The van der Waals surface area contributed by atoms with Gasteiger partial charge in [-0.2, -0.15) is 5.10 Å². The van der Waals surface area contributed by atoms with Gasteiger partial charge in [-0.05, 0) is 57.0 Å². The number of amides is 1. The van der Waals surface area contributed by atoms with Gasteiger partial charge in [-0.15, -0.1) is 0 Å². The second kappa shape index (κ2) is 6.95. The fourth-order valence-electron chi connectivity index (χ4n) is 3.28. The Bertz CT molecular complexity index is 738. The standard InChI is InChI=1S/C18H23ClN4O/c1-12-17(9-18(24)22-8-7-14(10-20)11-22)13(2)23(21-12)16-5-3-15(19)4-6-16/h3-6,14H,7-11,20H2,1-2H3. The summed E-state index contributed by atoms with van der Waals surface area (Å²) in [4.78, 5) is 14.5. The molecular weight excluding hydrogens is 324 g/mol. The Kier molecular flexibility index (Phi) is 4.92. The van der Waals surface area contributed by atoms with Crippen LogP contribution < -0.4 is 5.73 Å². The summed E-state index contributed by atoms with van der Waals surface area (Å²) in [6.07, 6.45) is 1.40. The number of hydrogen-bond acceptors (Lipinski definition) is 3. The Morgan fingerprint density at radius 1 is 1.33 bits per heavy atom. The van der Waals surface area contributed by atoms with Gasteiger partial charge in [0.05, 0.1) is 17.8 Å². The molecule has 5 nitrogen and oxygen atoms in total. The number of nitrogens with two attached hydrogens (primary N) is 1. The monoisotopic (exact) mass is 346 g/mol. The van der Waals surface area contributed by atoms with Crippen molar-refractivity contribution in [1.29, 1.82) is 0 Å². The van der Waals surface area contributed by atoms with Crippen molar-refractivity contribution in [1.82, 2.24) is 14.7 Å². The summed E-state index contributed by atoms with van der Waals surface area (Å²) in [5.74, 6) is 0.598. The number of aryl methyl sites for hydroxylation is 1. The quantitative estimate of drug-likeness (QED) is 0.925. The van der Waals surface area contributed by atoms with E-state index in [0.717, 1.165) is 42.1 Å². The van der Waals surface area contributed by atoms with E-state index in [1.165, 1.54) is 0 Å². The summed E-state index contributed by atoms with van der Waals surface area (Å²) >= 11 is 5.95. The lowest BCUT2D eigenvalue weighted by Crippen LogP contribution is -2.31. The number of aromatic nitrogens is 2. The molecule has 128 valence electrons. The Labute approximate surface area is 147 Å². The van der Waals surface area contributed by atoms with Gasteiger partial charge in [0.2, 0.25) is 5.91 Å². The molecule has 1 aromatic carbocycles. The van der Waals surface area contributed by atoms with Gasteiger partial charge < -0.3 is 10.6 Å². The van der Waals surface area contributed by atoms with E-state index in [9.17, 15) is 4.79 Å². The molecule has 1 aromatic heterocycles. The van der Waals surface area contributed by atoms with Crippen LogP contribution >= 0.6 is 11.6 Å². The van der Waals surface area contributed by atoms with Gasteiger partial charge in [0.15, 0.2) is 0 Å². The van der Waals surface area contributed by atoms with Crippen LogP contribution in [-0.4, -0.2) is 40.2 Å². The van der Waals surface area contributed by atoms with E-state index >= 15 is 0 Å². The Hall–Kier alpha value is -1.85. The first-order chi connectivity index (χ1) is 11.5. The maximum atomic E-state index is 12.6. The predicted octanol–water partition coefficient (Wildman–Crippen LogP) is 2.49. The minimum Gasteiger partial charge on any atom is -0.342 e. The van der Waals surface area contributed by atoms with Gasteiger partial charge in [0.1, 0.15) is 0 Å². The van der Waals surface area contributed by atoms with Crippen molar-refractivity contribution >= 4 is 17.5 Å². The van der Waals surface area contributed by atoms with E-state index in [2.05, 4.69) is 5.10 Å². The number of rotatable bonds is 4. The van der Waals surface area contributed by atoms with E-state index in [1.54, 1.807) is 0 Å². The zero-order chi connectivity index (χ0) is 17.3. The molecule has 2 aromatic rings. The number of hydrogen-bond donors (Lipinski definition) is 1. The predicted molar refractivity (Wildman–Crippen MR) is 95.5 cm³/mol. The number of carbonyl (C=O) groups excluding carboxylic acids is 1. The van der Waals surface area contributed by atoms with Crippen molar-refractivity contribution in [3.8, 4) is 5.69 Å². The zero-order valence-electron chi connectivity index (χ0n) is 14.1. The molecule has 1 amide bonds. The van der Waals surface area contributed by atoms with Crippen molar-refractivity contribution in [3.63, 3.8) is 0 Å². The van der Waals surface area contributed by atoms with Crippen LogP contribution in [0.1, 0.15) is 23.4 Å². The van der Waals surface area contributed by atoms with E-state index in [-0.39, 0.29) is 5.91 Å². The van der Waals surface area contributed by atoms with Crippen molar-refractivity contribution in [2.45, 2.75) is 26.7 Å². The Balaban J connectivity index is 1.79. The van der Waals surface area contributed by atoms with E-state index in [1.807, 2.05) is 47.7 Å². The lowest BCUT2D eigenvalue weighted by Gasteiger charge is -2.16. The summed E-state index contributed by atoms with van der Waals surface area (Å²) in [5, 5.41) is 5.30. The molecule has 2 heterocycles. The number of halogens is 1. The molecule has 1 saturated heterocycles. The number of likely N-dealkylation sites (tertiary alicyclic amines) is 1. The van der Waals surface area contributed by atoms with Crippen LogP contribution in [0, 0.1) is 19.8 Å². The first kappa shape index (κ1) is 17.0. The third kappa shape index (κ3) is 3.32. The van der Waals surface area contributed by atoms with Crippen molar-refractivity contribution in [3.05, 3.63) is 46.2 Å². The normalized spacial score (nSPS) is 17.5. The molecule has 6 heteroatoms. The molecule has 0 saturated carbocycles. The van der Waals surface area contributed by atoms with Crippen LogP contribution in [0.4, 0.5) is 0 Å². The highest BCUT2D eigenvalue weighted by atomic mass is 35.5. The summed E-state index contributed by atoms with van der Waals surface area (Å²) in [7, 11) is 0. The Morgan fingerprint density at radius 3 is 2.67 bits per heavy atom. The lowest BCUT2D eigenvalue weighted by atomic mass is 10.1. The fourth-order valence-corrected chi connectivity index (χ4v) is 3.41. The van der Waals surface area contributed by atoms with Crippen molar-refractivity contribution < 1.29 is 4.79 Å². The molecule has 24 heavy (non-hydrogen) atoms. The molecule has 1 aliphatic heterocycles.